The summed E-state index contributed by atoms with van der Waals surface area (Å²) < 4.78 is 9.53. The van der Waals surface area contributed by atoms with Crippen LogP contribution in [-0.2, 0) is 0 Å². The van der Waals surface area contributed by atoms with E-state index < -0.39 is 0 Å². The van der Waals surface area contributed by atoms with Gasteiger partial charge in [-0.2, -0.15) is 0 Å². The first kappa shape index (κ1) is 26.3. The molecular formula is C44H29NO. The minimum Gasteiger partial charge on any atom is -0.455 e. The molecule has 0 saturated carbocycles. The monoisotopic (exact) mass is 587 g/mol. The minimum absolute atomic E-state index is 0.881. The summed E-state index contributed by atoms with van der Waals surface area (Å²) in [4.78, 5) is 0. The van der Waals surface area contributed by atoms with Crippen LogP contribution in [0, 0.1) is 0 Å². The largest absolute Gasteiger partial charge is 0.455 e. The number of hydrogen-bond acceptors (Lipinski definition) is 1. The number of aromatic nitrogens is 1. The van der Waals surface area contributed by atoms with Crippen LogP contribution in [0.2, 0.25) is 0 Å². The second kappa shape index (κ2) is 10.8. The summed E-state index contributed by atoms with van der Waals surface area (Å²) in [6.45, 7) is 0. The molecule has 2 aromatic heterocycles. The summed E-state index contributed by atoms with van der Waals surface area (Å²) in [7, 11) is 0. The highest BCUT2D eigenvalue weighted by Gasteiger charge is 2.25. The molecule has 0 fully saturated rings. The van der Waals surface area contributed by atoms with E-state index in [1.165, 1.54) is 21.9 Å². The molecule has 0 unspecified atom stereocenters. The Morgan fingerprint density at radius 2 is 0.935 bits per heavy atom. The predicted molar refractivity (Wildman–Crippen MR) is 192 cm³/mol. The first-order valence-corrected chi connectivity index (χ1v) is 15.7. The van der Waals surface area contributed by atoms with Gasteiger partial charge in [-0.15, -0.1) is 0 Å². The molecule has 0 atom stereocenters. The van der Waals surface area contributed by atoms with Gasteiger partial charge in [-0.3, -0.25) is 0 Å². The summed E-state index contributed by atoms with van der Waals surface area (Å²) in [6.07, 6.45) is 0. The van der Waals surface area contributed by atoms with Gasteiger partial charge in [0.1, 0.15) is 11.5 Å². The molecule has 2 heteroatoms. The van der Waals surface area contributed by atoms with Crippen molar-refractivity contribution in [3.8, 4) is 50.6 Å². The molecule has 9 rings (SSSR count). The van der Waals surface area contributed by atoms with Crippen LogP contribution >= 0.6 is 0 Å². The van der Waals surface area contributed by atoms with Crippen molar-refractivity contribution in [2.45, 2.75) is 0 Å². The normalized spacial score (nSPS) is 11.5. The zero-order valence-corrected chi connectivity index (χ0v) is 25.1. The Hall–Kier alpha value is -6.12. The summed E-state index contributed by atoms with van der Waals surface area (Å²) >= 11 is 0. The van der Waals surface area contributed by atoms with Crippen molar-refractivity contribution in [1.29, 1.82) is 0 Å². The number of hydrogen-bond donors (Lipinski definition) is 0. The Bertz CT molecular complexity index is 2500. The van der Waals surface area contributed by atoms with Crippen LogP contribution < -0.4 is 0 Å². The number of benzene rings is 7. The van der Waals surface area contributed by atoms with Gasteiger partial charge in [0.25, 0.3) is 0 Å². The summed E-state index contributed by atoms with van der Waals surface area (Å²) in [6, 6.07) is 62.4. The molecule has 0 bridgehead atoms. The van der Waals surface area contributed by atoms with Gasteiger partial charge in [0.15, 0.2) is 0 Å². The zero-order chi connectivity index (χ0) is 30.5. The van der Waals surface area contributed by atoms with Gasteiger partial charge >= 0.3 is 0 Å². The van der Waals surface area contributed by atoms with Crippen LogP contribution in [0.15, 0.2) is 180 Å². The van der Waals surface area contributed by atoms with E-state index in [4.69, 9.17) is 4.42 Å². The van der Waals surface area contributed by atoms with Crippen LogP contribution in [0.4, 0.5) is 0 Å². The van der Waals surface area contributed by atoms with Crippen molar-refractivity contribution in [3.05, 3.63) is 176 Å². The highest BCUT2D eigenvalue weighted by atomic mass is 16.3. The summed E-state index contributed by atoms with van der Waals surface area (Å²) in [5.74, 6) is 1.77. The fraction of sp³-hybridized carbons (Fsp3) is 0. The fourth-order valence-corrected chi connectivity index (χ4v) is 6.97. The minimum atomic E-state index is 0.881. The van der Waals surface area contributed by atoms with Gasteiger partial charge in [-0.25, -0.2) is 0 Å². The maximum atomic E-state index is 7.15. The molecule has 7 aromatic carbocycles. The lowest BCUT2D eigenvalue weighted by Gasteiger charge is -2.13. The fourth-order valence-electron chi connectivity index (χ4n) is 6.97. The molecule has 0 N–H and O–H groups in total. The highest BCUT2D eigenvalue weighted by Crippen LogP contribution is 2.48. The third kappa shape index (κ3) is 4.19. The number of furan rings is 1. The number of fused-ring (bicyclic) bond motifs is 4. The smallest absolute Gasteiger partial charge is 0.143 e. The van der Waals surface area contributed by atoms with Gasteiger partial charge in [0.05, 0.1) is 11.0 Å². The van der Waals surface area contributed by atoms with E-state index >= 15 is 0 Å². The van der Waals surface area contributed by atoms with Crippen molar-refractivity contribution in [3.63, 3.8) is 0 Å². The lowest BCUT2D eigenvalue weighted by Crippen LogP contribution is -1.93. The molecule has 0 saturated heterocycles. The molecule has 0 amide bonds. The van der Waals surface area contributed by atoms with Gasteiger partial charge < -0.3 is 8.98 Å². The Morgan fingerprint density at radius 3 is 1.67 bits per heavy atom. The van der Waals surface area contributed by atoms with Gasteiger partial charge in [0.2, 0.25) is 0 Å². The Balaban J connectivity index is 1.39. The van der Waals surface area contributed by atoms with Crippen molar-refractivity contribution in [2.75, 3.05) is 0 Å². The zero-order valence-electron chi connectivity index (χ0n) is 25.1. The van der Waals surface area contributed by atoms with Crippen molar-refractivity contribution in [1.82, 2.24) is 4.57 Å². The second-order valence-corrected chi connectivity index (χ2v) is 11.7. The lowest BCUT2D eigenvalue weighted by atomic mass is 9.92. The molecule has 2 heterocycles. The molecule has 0 spiro atoms. The third-order valence-corrected chi connectivity index (χ3v) is 9.02. The average molecular weight is 588 g/mol. The Labute approximate surface area is 267 Å². The summed E-state index contributed by atoms with van der Waals surface area (Å²) in [5, 5.41) is 4.58. The SMILES string of the molecule is c1ccc(-c2cccc(-c3oc(-c4c(-c5ccccc5)ccc5c4c4ccccc4n5-c4ccccc4)c4ccccc34)c2)cc1. The van der Waals surface area contributed by atoms with E-state index in [0.29, 0.717) is 0 Å². The predicted octanol–water partition coefficient (Wildman–Crippen LogP) is 12.2. The van der Waals surface area contributed by atoms with E-state index in [-0.39, 0.29) is 0 Å². The molecule has 0 aliphatic rings. The topological polar surface area (TPSA) is 18.1 Å². The van der Waals surface area contributed by atoms with Crippen LogP contribution in [-0.4, -0.2) is 4.57 Å². The van der Waals surface area contributed by atoms with E-state index in [0.717, 1.165) is 61.3 Å². The maximum absolute atomic E-state index is 7.15. The molecule has 216 valence electrons. The molecule has 2 nitrogen and oxygen atoms in total. The van der Waals surface area contributed by atoms with Crippen molar-refractivity contribution < 1.29 is 4.42 Å². The van der Waals surface area contributed by atoms with Gasteiger partial charge in [0, 0.05) is 38.4 Å². The van der Waals surface area contributed by atoms with Crippen LogP contribution in [0.5, 0.6) is 0 Å². The van der Waals surface area contributed by atoms with E-state index in [2.05, 4.69) is 180 Å². The van der Waals surface area contributed by atoms with Crippen LogP contribution in [0.25, 0.3) is 83.2 Å². The van der Waals surface area contributed by atoms with Crippen LogP contribution in [0.3, 0.4) is 0 Å². The highest BCUT2D eigenvalue weighted by molar-refractivity contribution is 6.21. The number of para-hydroxylation sites is 2. The number of nitrogens with zero attached hydrogens (tertiary/aromatic N) is 1. The average Bonchev–Trinajstić information content (AvgIpc) is 3.69. The van der Waals surface area contributed by atoms with Gasteiger partial charge in [-0.1, -0.05) is 146 Å². The van der Waals surface area contributed by atoms with E-state index in [9.17, 15) is 0 Å². The standard InChI is InChI=1S/C44H29NO/c1-4-15-30(16-5-1)32-19-14-20-33(29-32)43-36-23-10-11-24-37(36)44(46-43)42-35(31-17-6-2-7-18-31)27-28-40-41(42)38-25-12-13-26-39(38)45(40)34-21-8-3-9-22-34/h1-29H. The molecular weight excluding hydrogens is 558 g/mol. The van der Waals surface area contributed by atoms with E-state index in [1.807, 2.05) is 0 Å². The first-order valence-electron chi connectivity index (χ1n) is 15.7. The number of rotatable bonds is 5. The quantitative estimate of drug-likeness (QED) is 0.196. The van der Waals surface area contributed by atoms with Crippen molar-refractivity contribution >= 4 is 32.6 Å². The Morgan fingerprint density at radius 1 is 0.370 bits per heavy atom. The second-order valence-electron chi connectivity index (χ2n) is 11.7. The van der Waals surface area contributed by atoms with E-state index in [1.54, 1.807) is 0 Å². The summed E-state index contributed by atoms with van der Waals surface area (Å²) in [5.41, 5.74) is 10.3. The first-order chi connectivity index (χ1) is 22.8. The molecule has 46 heavy (non-hydrogen) atoms. The Kier molecular flexibility index (Phi) is 6.17. The molecule has 9 aromatic rings. The maximum Gasteiger partial charge on any atom is 0.143 e. The lowest BCUT2D eigenvalue weighted by molar-refractivity contribution is 0.603. The van der Waals surface area contributed by atoms with Crippen LogP contribution in [0.1, 0.15) is 0 Å². The van der Waals surface area contributed by atoms with Gasteiger partial charge in [-0.05, 0) is 52.6 Å². The molecule has 0 aliphatic carbocycles. The van der Waals surface area contributed by atoms with Crippen molar-refractivity contribution in [2.24, 2.45) is 0 Å². The third-order valence-electron chi connectivity index (χ3n) is 9.02. The molecule has 0 aliphatic heterocycles. The molecule has 0 radical (unpaired) electrons.